The van der Waals surface area contributed by atoms with Gasteiger partial charge in [-0.2, -0.15) is 0 Å². The topological polar surface area (TPSA) is 68.0 Å². The molecular weight excluding hydrogens is 246 g/mol. The van der Waals surface area contributed by atoms with E-state index in [1.807, 2.05) is 24.4 Å². The Balaban J connectivity index is 1.91. The van der Waals surface area contributed by atoms with Crippen molar-refractivity contribution in [3.05, 3.63) is 46.4 Å². The quantitative estimate of drug-likeness (QED) is 0.886. The van der Waals surface area contributed by atoms with Crippen LogP contribution in [0.4, 0.5) is 5.69 Å². The zero-order chi connectivity index (χ0) is 13.0. The molecule has 18 heavy (non-hydrogen) atoms. The highest BCUT2D eigenvalue weighted by Crippen LogP contribution is 2.18. The fourth-order valence-electron chi connectivity index (χ4n) is 1.61. The first-order chi connectivity index (χ1) is 8.65. The summed E-state index contributed by atoms with van der Waals surface area (Å²) in [5.74, 6) is -0.0341. The molecule has 0 spiro atoms. The molecule has 0 radical (unpaired) electrons. The SMILES string of the molecule is C[C@@H](NC(=O)Cc1ccc(N)cn1)c1cccs1. The van der Waals surface area contributed by atoms with Crippen molar-refractivity contribution >= 4 is 22.9 Å². The monoisotopic (exact) mass is 261 g/mol. The van der Waals surface area contributed by atoms with Crippen molar-refractivity contribution in [3.8, 4) is 0 Å². The maximum Gasteiger partial charge on any atom is 0.226 e. The van der Waals surface area contributed by atoms with Crippen LogP contribution in [0, 0.1) is 0 Å². The number of hydrogen-bond donors (Lipinski definition) is 2. The van der Waals surface area contributed by atoms with Crippen LogP contribution in [-0.2, 0) is 11.2 Å². The summed E-state index contributed by atoms with van der Waals surface area (Å²) in [5, 5.41) is 4.95. The van der Waals surface area contributed by atoms with E-state index in [9.17, 15) is 4.79 Å². The molecule has 0 fully saturated rings. The number of anilines is 1. The molecule has 1 atom stereocenters. The Labute approximate surface area is 110 Å². The van der Waals surface area contributed by atoms with Crippen molar-refractivity contribution < 1.29 is 4.79 Å². The second-order valence-corrected chi connectivity index (χ2v) is 5.04. The lowest BCUT2D eigenvalue weighted by Gasteiger charge is -2.11. The Morgan fingerprint density at radius 2 is 2.33 bits per heavy atom. The molecule has 2 aromatic rings. The fourth-order valence-corrected chi connectivity index (χ4v) is 2.34. The number of amides is 1. The largest absolute Gasteiger partial charge is 0.397 e. The third kappa shape index (κ3) is 3.30. The number of nitrogens with two attached hydrogens (primary N) is 1. The van der Waals surface area contributed by atoms with E-state index in [1.165, 1.54) is 0 Å². The second-order valence-electron chi connectivity index (χ2n) is 4.06. The molecule has 3 N–H and O–H groups in total. The number of nitrogens with one attached hydrogen (secondary N) is 1. The summed E-state index contributed by atoms with van der Waals surface area (Å²) in [6.45, 7) is 1.97. The minimum Gasteiger partial charge on any atom is -0.397 e. The van der Waals surface area contributed by atoms with Gasteiger partial charge in [0.15, 0.2) is 0 Å². The summed E-state index contributed by atoms with van der Waals surface area (Å²) >= 11 is 1.63. The van der Waals surface area contributed by atoms with Crippen molar-refractivity contribution in [2.45, 2.75) is 19.4 Å². The Morgan fingerprint density at radius 3 is 2.94 bits per heavy atom. The second kappa shape index (κ2) is 5.64. The Hall–Kier alpha value is -1.88. The standard InChI is InChI=1S/C13H15N3OS/c1-9(12-3-2-6-18-12)16-13(17)7-11-5-4-10(14)8-15-11/h2-6,8-9H,7,14H2,1H3,(H,16,17)/t9-/m1/s1. The van der Waals surface area contributed by atoms with Gasteiger partial charge in [-0.25, -0.2) is 0 Å². The van der Waals surface area contributed by atoms with Gasteiger partial charge >= 0.3 is 0 Å². The molecule has 0 aliphatic carbocycles. The molecule has 0 bridgehead atoms. The number of carbonyl (C=O) groups excluding carboxylic acids is 1. The molecule has 0 aromatic carbocycles. The number of nitrogen functional groups attached to an aromatic ring is 1. The molecule has 0 aliphatic heterocycles. The van der Waals surface area contributed by atoms with Crippen molar-refractivity contribution in [2.75, 3.05) is 5.73 Å². The minimum absolute atomic E-state index is 0.0336. The first-order valence-corrected chi connectivity index (χ1v) is 6.56. The molecule has 0 aliphatic rings. The third-order valence-corrected chi connectivity index (χ3v) is 3.59. The zero-order valence-corrected chi connectivity index (χ0v) is 10.9. The predicted octanol–water partition coefficient (Wildman–Crippen LogP) is 2.15. The van der Waals surface area contributed by atoms with E-state index in [4.69, 9.17) is 5.73 Å². The Kier molecular flexibility index (Phi) is 3.94. The number of thiophene rings is 1. The summed E-state index contributed by atoms with van der Waals surface area (Å²) in [7, 11) is 0. The lowest BCUT2D eigenvalue weighted by molar-refractivity contribution is -0.121. The van der Waals surface area contributed by atoms with Gasteiger partial charge in [-0.05, 0) is 30.5 Å². The van der Waals surface area contributed by atoms with E-state index in [0.29, 0.717) is 5.69 Å². The average molecular weight is 261 g/mol. The zero-order valence-electron chi connectivity index (χ0n) is 10.1. The van der Waals surface area contributed by atoms with E-state index in [2.05, 4.69) is 10.3 Å². The molecule has 4 nitrogen and oxygen atoms in total. The van der Waals surface area contributed by atoms with Crippen molar-refractivity contribution in [2.24, 2.45) is 0 Å². The molecule has 0 unspecified atom stereocenters. The highest BCUT2D eigenvalue weighted by atomic mass is 32.1. The summed E-state index contributed by atoms with van der Waals surface area (Å²) in [5.41, 5.74) is 6.87. The average Bonchev–Trinajstić information content (AvgIpc) is 2.85. The Morgan fingerprint density at radius 1 is 1.50 bits per heavy atom. The first kappa shape index (κ1) is 12.6. The van der Waals surface area contributed by atoms with E-state index < -0.39 is 0 Å². The van der Waals surface area contributed by atoms with Gasteiger partial charge in [-0.1, -0.05) is 6.07 Å². The van der Waals surface area contributed by atoms with E-state index >= 15 is 0 Å². The molecule has 0 saturated carbocycles. The van der Waals surface area contributed by atoms with Crippen LogP contribution >= 0.6 is 11.3 Å². The van der Waals surface area contributed by atoms with Gasteiger partial charge in [0.2, 0.25) is 5.91 Å². The van der Waals surface area contributed by atoms with Crippen LogP contribution in [0.5, 0.6) is 0 Å². The van der Waals surface area contributed by atoms with Gasteiger partial charge in [-0.3, -0.25) is 9.78 Å². The number of carbonyl (C=O) groups is 1. The van der Waals surface area contributed by atoms with Crippen LogP contribution in [0.25, 0.3) is 0 Å². The van der Waals surface area contributed by atoms with Crippen LogP contribution in [0.1, 0.15) is 23.5 Å². The summed E-state index contributed by atoms with van der Waals surface area (Å²) in [6, 6.07) is 7.54. The molecule has 2 heterocycles. The van der Waals surface area contributed by atoms with Crippen molar-refractivity contribution in [3.63, 3.8) is 0 Å². The van der Waals surface area contributed by atoms with Crippen LogP contribution in [0.2, 0.25) is 0 Å². The van der Waals surface area contributed by atoms with Crippen molar-refractivity contribution in [1.29, 1.82) is 0 Å². The van der Waals surface area contributed by atoms with Gasteiger partial charge < -0.3 is 11.1 Å². The number of pyridine rings is 1. The Bertz CT molecular complexity index is 508. The van der Waals surface area contributed by atoms with E-state index in [0.717, 1.165) is 10.6 Å². The molecule has 2 rings (SSSR count). The molecule has 0 saturated heterocycles. The van der Waals surface area contributed by atoms with Crippen molar-refractivity contribution in [1.82, 2.24) is 10.3 Å². The number of hydrogen-bond acceptors (Lipinski definition) is 4. The lowest BCUT2D eigenvalue weighted by Crippen LogP contribution is -2.27. The van der Waals surface area contributed by atoms with Gasteiger partial charge in [0.25, 0.3) is 0 Å². The maximum absolute atomic E-state index is 11.8. The van der Waals surface area contributed by atoms with Crippen LogP contribution in [0.15, 0.2) is 35.8 Å². The summed E-state index contributed by atoms with van der Waals surface area (Å²) in [4.78, 5) is 17.1. The van der Waals surface area contributed by atoms with E-state index in [-0.39, 0.29) is 18.4 Å². The highest BCUT2D eigenvalue weighted by molar-refractivity contribution is 7.10. The van der Waals surface area contributed by atoms with Gasteiger partial charge in [-0.15, -0.1) is 11.3 Å². The maximum atomic E-state index is 11.8. The predicted molar refractivity (Wildman–Crippen MR) is 73.2 cm³/mol. The molecule has 1 amide bonds. The van der Waals surface area contributed by atoms with Gasteiger partial charge in [0.1, 0.15) is 0 Å². The molecular formula is C13H15N3OS. The number of nitrogens with zero attached hydrogens (tertiary/aromatic N) is 1. The third-order valence-electron chi connectivity index (χ3n) is 2.54. The number of aromatic nitrogens is 1. The van der Waals surface area contributed by atoms with Crippen LogP contribution in [-0.4, -0.2) is 10.9 Å². The lowest BCUT2D eigenvalue weighted by atomic mass is 10.2. The smallest absolute Gasteiger partial charge is 0.226 e. The molecule has 5 heteroatoms. The summed E-state index contributed by atoms with van der Waals surface area (Å²) in [6.07, 6.45) is 1.83. The number of rotatable bonds is 4. The van der Waals surface area contributed by atoms with Gasteiger partial charge in [0.05, 0.1) is 24.3 Å². The fraction of sp³-hybridized carbons (Fsp3) is 0.231. The highest BCUT2D eigenvalue weighted by Gasteiger charge is 2.11. The minimum atomic E-state index is -0.0341. The van der Waals surface area contributed by atoms with Crippen LogP contribution < -0.4 is 11.1 Å². The first-order valence-electron chi connectivity index (χ1n) is 5.68. The van der Waals surface area contributed by atoms with Gasteiger partial charge in [0, 0.05) is 10.6 Å². The summed E-state index contributed by atoms with van der Waals surface area (Å²) < 4.78 is 0. The molecule has 2 aromatic heterocycles. The molecule has 94 valence electrons. The van der Waals surface area contributed by atoms with Crippen LogP contribution in [0.3, 0.4) is 0 Å². The van der Waals surface area contributed by atoms with E-state index in [1.54, 1.807) is 29.7 Å². The normalized spacial score (nSPS) is 12.1.